The summed E-state index contributed by atoms with van der Waals surface area (Å²) in [6.07, 6.45) is 1.40. The maximum absolute atomic E-state index is 12.5. The zero-order valence-electron chi connectivity index (χ0n) is 16.9. The molecule has 0 N–H and O–H groups in total. The molecule has 1 aliphatic rings. The smallest absolute Gasteiger partial charge is 0.244 e. The molecule has 0 radical (unpaired) electrons. The maximum Gasteiger partial charge on any atom is 0.244 e. The second-order valence-electron chi connectivity index (χ2n) is 7.55. The molecule has 1 saturated heterocycles. The van der Waals surface area contributed by atoms with E-state index in [9.17, 15) is 4.79 Å². The molecule has 1 aliphatic heterocycles. The highest BCUT2D eigenvalue weighted by Gasteiger charge is 2.27. The van der Waals surface area contributed by atoms with E-state index in [0.717, 1.165) is 38.2 Å². The third-order valence-electron chi connectivity index (χ3n) is 5.53. The third kappa shape index (κ3) is 4.74. The van der Waals surface area contributed by atoms with Crippen LogP contribution in [-0.2, 0) is 11.2 Å². The summed E-state index contributed by atoms with van der Waals surface area (Å²) in [6.45, 7) is 7.25. The number of carbonyl (C=O) groups excluding carboxylic acids is 1. The molecular weight excluding hydrogens is 384 g/mol. The van der Waals surface area contributed by atoms with Gasteiger partial charge in [-0.15, -0.1) is 0 Å². The summed E-state index contributed by atoms with van der Waals surface area (Å²) < 4.78 is 5.54. The van der Waals surface area contributed by atoms with Crippen LogP contribution in [0.15, 0.2) is 45.6 Å². The first-order valence-corrected chi connectivity index (χ1v) is 11.0. The number of nitrogens with zero attached hydrogens (tertiary/aromatic N) is 4. The van der Waals surface area contributed by atoms with Crippen molar-refractivity contribution in [3.8, 4) is 11.4 Å². The van der Waals surface area contributed by atoms with E-state index in [-0.39, 0.29) is 11.9 Å². The fourth-order valence-corrected chi connectivity index (χ4v) is 4.29. The minimum absolute atomic E-state index is 0.0322. The van der Waals surface area contributed by atoms with Gasteiger partial charge in [0.15, 0.2) is 0 Å². The molecule has 0 bridgehead atoms. The van der Waals surface area contributed by atoms with Crippen LogP contribution in [0.25, 0.3) is 11.4 Å². The van der Waals surface area contributed by atoms with E-state index in [4.69, 9.17) is 4.52 Å². The minimum Gasteiger partial charge on any atom is -0.340 e. The van der Waals surface area contributed by atoms with Crippen molar-refractivity contribution in [2.45, 2.75) is 32.7 Å². The Morgan fingerprint density at radius 2 is 1.93 bits per heavy atom. The molecule has 7 heteroatoms. The van der Waals surface area contributed by atoms with Gasteiger partial charge >= 0.3 is 0 Å². The predicted octanol–water partition coefficient (Wildman–Crippen LogP) is 3.94. The third-order valence-corrected chi connectivity index (χ3v) is 6.26. The molecule has 0 aliphatic carbocycles. The monoisotopic (exact) mass is 410 g/mol. The average molecular weight is 411 g/mol. The quantitative estimate of drug-likeness (QED) is 0.616. The van der Waals surface area contributed by atoms with E-state index in [1.54, 1.807) is 11.3 Å². The molecule has 1 unspecified atom stereocenters. The number of aromatic nitrogens is 2. The molecule has 3 heterocycles. The molecule has 29 heavy (non-hydrogen) atoms. The van der Waals surface area contributed by atoms with E-state index in [2.05, 4.69) is 45.7 Å². The fraction of sp³-hybridized carbons (Fsp3) is 0.409. The highest BCUT2D eigenvalue weighted by Crippen LogP contribution is 2.24. The summed E-state index contributed by atoms with van der Waals surface area (Å²) in [6, 6.07) is 10.2. The molecule has 3 aromatic rings. The lowest BCUT2D eigenvalue weighted by Gasteiger charge is -2.36. The first-order chi connectivity index (χ1) is 14.1. The topological polar surface area (TPSA) is 62.5 Å². The van der Waals surface area contributed by atoms with Crippen molar-refractivity contribution >= 4 is 17.2 Å². The van der Waals surface area contributed by atoms with Gasteiger partial charge in [-0.25, -0.2) is 0 Å². The van der Waals surface area contributed by atoms with Crippen LogP contribution in [-0.4, -0.2) is 52.0 Å². The Kier molecular flexibility index (Phi) is 6.06. The summed E-state index contributed by atoms with van der Waals surface area (Å²) in [7, 11) is 0. The lowest BCUT2D eigenvalue weighted by atomic mass is 10.1. The highest BCUT2D eigenvalue weighted by atomic mass is 32.1. The first-order valence-electron chi connectivity index (χ1n) is 10.0. The van der Waals surface area contributed by atoms with Crippen molar-refractivity contribution in [3.63, 3.8) is 0 Å². The number of amides is 1. The van der Waals surface area contributed by atoms with Crippen LogP contribution in [0, 0.1) is 6.92 Å². The van der Waals surface area contributed by atoms with E-state index in [1.165, 1.54) is 11.1 Å². The van der Waals surface area contributed by atoms with Crippen LogP contribution in [0.2, 0.25) is 0 Å². The molecule has 1 fully saturated rings. The summed E-state index contributed by atoms with van der Waals surface area (Å²) in [5.41, 5.74) is 3.41. The van der Waals surface area contributed by atoms with Gasteiger partial charge < -0.3 is 9.42 Å². The summed E-state index contributed by atoms with van der Waals surface area (Å²) in [5.74, 6) is 1.48. The van der Waals surface area contributed by atoms with Gasteiger partial charge in [-0.05, 0) is 42.7 Å². The van der Waals surface area contributed by atoms with Crippen LogP contribution in [0.3, 0.4) is 0 Å². The van der Waals surface area contributed by atoms with Crippen molar-refractivity contribution in [3.05, 3.63) is 58.1 Å². The molecule has 4 rings (SSSR count). The molecule has 2 aromatic heterocycles. The maximum atomic E-state index is 12.5. The van der Waals surface area contributed by atoms with Gasteiger partial charge in [-0.3, -0.25) is 9.69 Å². The van der Waals surface area contributed by atoms with Gasteiger partial charge in [0.2, 0.25) is 17.6 Å². The zero-order chi connectivity index (χ0) is 20.2. The Labute approximate surface area is 175 Å². The lowest BCUT2D eigenvalue weighted by Crippen LogP contribution is -2.49. The van der Waals surface area contributed by atoms with Crippen molar-refractivity contribution in [2.24, 2.45) is 0 Å². The van der Waals surface area contributed by atoms with Crippen LogP contribution in [0.1, 0.15) is 36.4 Å². The normalized spacial score (nSPS) is 16.1. The fourth-order valence-electron chi connectivity index (χ4n) is 3.58. The Bertz CT molecular complexity index is 928. The molecule has 152 valence electrons. The Morgan fingerprint density at radius 1 is 1.17 bits per heavy atom. The number of rotatable bonds is 6. The number of hydrogen-bond donors (Lipinski definition) is 0. The molecule has 0 saturated carbocycles. The number of piperazine rings is 1. The lowest BCUT2D eigenvalue weighted by molar-refractivity contribution is -0.133. The highest BCUT2D eigenvalue weighted by molar-refractivity contribution is 7.07. The molecular formula is C22H26N4O2S. The Hall–Kier alpha value is -2.51. The molecule has 1 amide bonds. The van der Waals surface area contributed by atoms with Crippen molar-refractivity contribution < 1.29 is 9.32 Å². The van der Waals surface area contributed by atoms with Crippen LogP contribution in [0.5, 0.6) is 0 Å². The largest absolute Gasteiger partial charge is 0.340 e. The summed E-state index contributed by atoms with van der Waals surface area (Å²) >= 11 is 1.68. The number of carbonyl (C=O) groups is 1. The van der Waals surface area contributed by atoms with Gasteiger partial charge in [0.1, 0.15) is 0 Å². The van der Waals surface area contributed by atoms with Crippen LogP contribution in [0.4, 0.5) is 0 Å². The Morgan fingerprint density at radius 3 is 2.62 bits per heavy atom. The average Bonchev–Trinajstić information content (AvgIpc) is 3.44. The Balaban J connectivity index is 1.30. The summed E-state index contributed by atoms with van der Waals surface area (Å²) in [5, 5.41) is 8.32. The van der Waals surface area contributed by atoms with Gasteiger partial charge in [0, 0.05) is 38.2 Å². The number of benzene rings is 1. The van der Waals surface area contributed by atoms with Gasteiger partial charge in [-0.1, -0.05) is 35.0 Å². The summed E-state index contributed by atoms with van der Waals surface area (Å²) in [4.78, 5) is 21.4. The van der Waals surface area contributed by atoms with E-state index >= 15 is 0 Å². The van der Waals surface area contributed by atoms with E-state index < -0.39 is 0 Å². The second kappa shape index (κ2) is 8.88. The zero-order valence-corrected chi connectivity index (χ0v) is 17.7. The van der Waals surface area contributed by atoms with E-state index in [1.807, 2.05) is 29.2 Å². The van der Waals surface area contributed by atoms with Gasteiger partial charge in [0.25, 0.3) is 0 Å². The molecule has 1 atom stereocenters. The van der Waals surface area contributed by atoms with Gasteiger partial charge in [0.05, 0.1) is 6.04 Å². The SMILES string of the molecule is Cc1ccc(-c2noc(C(C)N3CCN(C(=O)CCc4ccsc4)CC3)n2)cc1. The van der Waals surface area contributed by atoms with Gasteiger partial charge in [-0.2, -0.15) is 16.3 Å². The van der Waals surface area contributed by atoms with Crippen molar-refractivity contribution in [1.82, 2.24) is 19.9 Å². The van der Waals surface area contributed by atoms with Crippen molar-refractivity contribution in [2.75, 3.05) is 26.2 Å². The number of thiophene rings is 1. The predicted molar refractivity (Wildman–Crippen MR) is 114 cm³/mol. The second-order valence-corrected chi connectivity index (χ2v) is 8.33. The molecule has 0 spiro atoms. The number of hydrogen-bond acceptors (Lipinski definition) is 6. The van der Waals surface area contributed by atoms with Crippen LogP contribution < -0.4 is 0 Å². The standard InChI is InChI=1S/C22H26N4O2S/c1-16-3-6-19(7-4-16)21-23-22(28-24-21)17(2)25-10-12-26(13-11-25)20(27)8-5-18-9-14-29-15-18/h3-4,6-7,9,14-15,17H,5,8,10-13H2,1-2H3. The first kappa shape index (κ1) is 19.8. The minimum atomic E-state index is 0.0322. The van der Waals surface area contributed by atoms with Crippen LogP contribution >= 0.6 is 11.3 Å². The van der Waals surface area contributed by atoms with E-state index in [0.29, 0.717) is 18.1 Å². The number of aryl methyl sites for hydroxylation is 2. The molecule has 6 nitrogen and oxygen atoms in total. The van der Waals surface area contributed by atoms with Crippen molar-refractivity contribution in [1.29, 1.82) is 0 Å². The molecule has 1 aromatic carbocycles.